The van der Waals surface area contributed by atoms with Crippen molar-refractivity contribution in [2.75, 3.05) is 26.7 Å². The van der Waals surface area contributed by atoms with Crippen LogP contribution < -0.4 is 5.32 Å². The first-order chi connectivity index (χ1) is 10.1. The van der Waals surface area contributed by atoms with Gasteiger partial charge in [0, 0.05) is 38.1 Å². The Hall–Kier alpha value is -1.10. The maximum atomic E-state index is 12.7. The maximum absolute atomic E-state index is 12.7. The van der Waals surface area contributed by atoms with Crippen molar-refractivity contribution in [3.63, 3.8) is 0 Å². The lowest BCUT2D eigenvalue weighted by atomic mass is 10.0. The molecule has 0 aromatic heterocycles. The second kappa shape index (κ2) is 7.25. The van der Waals surface area contributed by atoms with E-state index in [9.17, 15) is 9.59 Å². The lowest BCUT2D eigenvalue weighted by Crippen LogP contribution is -2.49. The number of nitrogens with one attached hydrogen (secondary N) is 1. The number of carbonyl (C=O) groups is 2. The second-order valence-corrected chi connectivity index (χ2v) is 6.33. The number of rotatable bonds is 5. The Balaban J connectivity index is 1.96. The Labute approximate surface area is 128 Å². The van der Waals surface area contributed by atoms with Crippen molar-refractivity contribution >= 4 is 11.8 Å². The molecule has 5 heteroatoms. The fourth-order valence-corrected chi connectivity index (χ4v) is 3.65. The van der Waals surface area contributed by atoms with Gasteiger partial charge in [-0.15, -0.1) is 0 Å². The molecule has 1 N–H and O–H groups in total. The molecular weight excluding hydrogens is 266 g/mol. The van der Waals surface area contributed by atoms with Crippen molar-refractivity contribution in [3.05, 3.63) is 0 Å². The zero-order chi connectivity index (χ0) is 15.4. The Morgan fingerprint density at radius 2 is 2.05 bits per heavy atom. The van der Waals surface area contributed by atoms with Gasteiger partial charge in [-0.25, -0.2) is 0 Å². The van der Waals surface area contributed by atoms with Crippen molar-refractivity contribution < 1.29 is 9.59 Å². The molecule has 0 saturated carbocycles. The van der Waals surface area contributed by atoms with Crippen LogP contribution in [0.1, 0.15) is 46.0 Å². The molecule has 2 aliphatic rings. The topological polar surface area (TPSA) is 52.7 Å². The van der Waals surface area contributed by atoms with E-state index in [0.717, 1.165) is 38.8 Å². The van der Waals surface area contributed by atoms with Gasteiger partial charge in [0.05, 0.1) is 5.92 Å². The van der Waals surface area contributed by atoms with Crippen molar-refractivity contribution in [2.45, 2.75) is 58.0 Å². The van der Waals surface area contributed by atoms with Crippen molar-refractivity contribution in [1.82, 2.24) is 15.1 Å². The molecule has 0 radical (unpaired) electrons. The highest BCUT2D eigenvalue weighted by Gasteiger charge is 2.39. The third-order valence-electron chi connectivity index (χ3n) is 5.03. The van der Waals surface area contributed by atoms with Gasteiger partial charge in [0.25, 0.3) is 0 Å². The lowest BCUT2D eigenvalue weighted by Gasteiger charge is -2.34. The van der Waals surface area contributed by atoms with Crippen LogP contribution in [-0.4, -0.2) is 60.4 Å². The average molecular weight is 295 g/mol. The van der Waals surface area contributed by atoms with Crippen molar-refractivity contribution in [1.29, 1.82) is 0 Å². The van der Waals surface area contributed by atoms with E-state index in [4.69, 9.17) is 0 Å². The van der Waals surface area contributed by atoms with Crippen LogP contribution in [0, 0.1) is 5.92 Å². The smallest absolute Gasteiger partial charge is 0.228 e. The van der Waals surface area contributed by atoms with Crippen LogP contribution in [0.4, 0.5) is 0 Å². The molecule has 2 atom stereocenters. The van der Waals surface area contributed by atoms with E-state index in [1.165, 1.54) is 0 Å². The summed E-state index contributed by atoms with van der Waals surface area (Å²) in [5.74, 6) is 0.203. The number of likely N-dealkylation sites (tertiary alicyclic amines) is 2. The summed E-state index contributed by atoms with van der Waals surface area (Å²) in [6, 6.07) is 0.691. The summed E-state index contributed by atoms with van der Waals surface area (Å²) >= 11 is 0. The lowest BCUT2D eigenvalue weighted by molar-refractivity contribution is -0.137. The first kappa shape index (κ1) is 16.3. The van der Waals surface area contributed by atoms with Crippen LogP contribution in [-0.2, 0) is 9.59 Å². The minimum atomic E-state index is -0.131. The largest absolute Gasteiger partial charge is 0.341 e. The Morgan fingerprint density at radius 1 is 1.33 bits per heavy atom. The standard InChI is InChI=1S/C16H29N3O2/c1-4-14(5-2)19-10-12(9-15(19)20)16(21)18-8-6-7-13(11-18)17-3/h12-14,17H,4-11H2,1-3H3. The highest BCUT2D eigenvalue weighted by Crippen LogP contribution is 2.25. The van der Waals surface area contributed by atoms with Gasteiger partial charge < -0.3 is 15.1 Å². The monoisotopic (exact) mass is 295 g/mol. The predicted molar refractivity (Wildman–Crippen MR) is 82.9 cm³/mol. The number of hydrogen-bond donors (Lipinski definition) is 1. The molecule has 2 heterocycles. The van der Waals surface area contributed by atoms with Gasteiger partial charge >= 0.3 is 0 Å². The number of piperidine rings is 1. The molecular formula is C16H29N3O2. The zero-order valence-electron chi connectivity index (χ0n) is 13.6. The van der Waals surface area contributed by atoms with E-state index < -0.39 is 0 Å². The molecule has 0 aromatic rings. The van der Waals surface area contributed by atoms with Gasteiger partial charge in [-0.1, -0.05) is 13.8 Å². The number of amides is 2. The Morgan fingerprint density at radius 3 is 2.67 bits per heavy atom. The fraction of sp³-hybridized carbons (Fsp3) is 0.875. The second-order valence-electron chi connectivity index (χ2n) is 6.33. The number of likely N-dealkylation sites (N-methyl/N-ethyl adjacent to an activating group) is 1. The van der Waals surface area contributed by atoms with Crippen LogP contribution in [0.15, 0.2) is 0 Å². The van der Waals surface area contributed by atoms with Crippen LogP contribution in [0.5, 0.6) is 0 Å². The van der Waals surface area contributed by atoms with Crippen LogP contribution in [0.2, 0.25) is 0 Å². The first-order valence-corrected chi connectivity index (χ1v) is 8.36. The summed E-state index contributed by atoms with van der Waals surface area (Å²) in [5.41, 5.74) is 0. The molecule has 2 rings (SSSR count). The maximum Gasteiger partial charge on any atom is 0.228 e. The molecule has 2 amide bonds. The average Bonchev–Trinajstić information content (AvgIpc) is 2.90. The molecule has 0 aliphatic carbocycles. The summed E-state index contributed by atoms with van der Waals surface area (Å²) in [6.45, 7) is 6.46. The van der Waals surface area contributed by atoms with Gasteiger partial charge in [-0.05, 0) is 32.7 Å². The summed E-state index contributed by atoms with van der Waals surface area (Å²) < 4.78 is 0. The summed E-state index contributed by atoms with van der Waals surface area (Å²) in [4.78, 5) is 28.8. The molecule has 0 bridgehead atoms. The molecule has 2 saturated heterocycles. The summed E-state index contributed by atoms with van der Waals surface area (Å²) in [7, 11) is 1.95. The van der Waals surface area contributed by atoms with E-state index in [1.54, 1.807) is 0 Å². The van der Waals surface area contributed by atoms with Crippen molar-refractivity contribution in [2.24, 2.45) is 5.92 Å². The minimum Gasteiger partial charge on any atom is -0.341 e. The van der Waals surface area contributed by atoms with E-state index >= 15 is 0 Å². The third kappa shape index (κ3) is 3.57. The number of nitrogens with zero attached hydrogens (tertiary/aromatic N) is 2. The van der Waals surface area contributed by atoms with Gasteiger partial charge in [0.2, 0.25) is 11.8 Å². The zero-order valence-corrected chi connectivity index (χ0v) is 13.6. The van der Waals surface area contributed by atoms with Crippen LogP contribution in [0.25, 0.3) is 0 Å². The van der Waals surface area contributed by atoms with Gasteiger partial charge in [0.15, 0.2) is 0 Å². The molecule has 0 spiro atoms. The molecule has 5 nitrogen and oxygen atoms in total. The number of hydrogen-bond acceptors (Lipinski definition) is 3. The summed E-state index contributed by atoms with van der Waals surface area (Å²) in [6.07, 6.45) is 4.51. The SMILES string of the molecule is CCC(CC)N1CC(C(=O)N2CCCC(NC)C2)CC1=O. The van der Waals surface area contributed by atoms with E-state index in [1.807, 2.05) is 16.8 Å². The first-order valence-electron chi connectivity index (χ1n) is 8.36. The van der Waals surface area contributed by atoms with Crippen LogP contribution in [0.3, 0.4) is 0 Å². The van der Waals surface area contributed by atoms with E-state index in [0.29, 0.717) is 25.0 Å². The molecule has 2 aliphatic heterocycles. The van der Waals surface area contributed by atoms with E-state index in [2.05, 4.69) is 19.2 Å². The van der Waals surface area contributed by atoms with Crippen LogP contribution >= 0.6 is 0 Å². The quantitative estimate of drug-likeness (QED) is 0.830. The Bertz CT molecular complexity index is 382. The molecule has 120 valence electrons. The predicted octanol–water partition coefficient (Wildman–Crippen LogP) is 1.23. The van der Waals surface area contributed by atoms with Crippen molar-refractivity contribution in [3.8, 4) is 0 Å². The third-order valence-corrected chi connectivity index (χ3v) is 5.03. The molecule has 2 unspecified atom stereocenters. The fourth-order valence-electron chi connectivity index (χ4n) is 3.65. The Kier molecular flexibility index (Phi) is 5.62. The highest BCUT2D eigenvalue weighted by atomic mass is 16.2. The molecule has 0 aromatic carbocycles. The highest BCUT2D eigenvalue weighted by molar-refractivity contribution is 5.89. The van der Waals surface area contributed by atoms with Gasteiger partial charge in [-0.3, -0.25) is 9.59 Å². The molecule has 2 fully saturated rings. The number of carbonyl (C=O) groups excluding carboxylic acids is 2. The van der Waals surface area contributed by atoms with Gasteiger partial charge in [0.1, 0.15) is 0 Å². The molecule has 21 heavy (non-hydrogen) atoms. The van der Waals surface area contributed by atoms with E-state index in [-0.39, 0.29) is 17.7 Å². The normalized spacial score (nSPS) is 26.8. The summed E-state index contributed by atoms with van der Waals surface area (Å²) in [5, 5.41) is 3.26. The minimum absolute atomic E-state index is 0.131. The van der Waals surface area contributed by atoms with Gasteiger partial charge in [-0.2, -0.15) is 0 Å².